The Balaban J connectivity index is 1.69. The number of aromatic amines is 1. The standard InChI is InChI=1S/C20H11ClF3N5O3S2/c21-18-10-26-19(33-18)29-34(30,31)14-2-4-16(11(5-14)7-25)32-17-3-1-13(20(22,23)24)6-15(17)12-8-27-28-9-12/h1-6,8-10H,(H,26,29)(H,27,28). The number of H-pyrrole nitrogens is 1. The van der Waals surface area contributed by atoms with E-state index in [1.807, 2.05) is 6.07 Å². The van der Waals surface area contributed by atoms with Gasteiger partial charge in [0.1, 0.15) is 21.9 Å². The summed E-state index contributed by atoms with van der Waals surface area (Å²) in [7, 11) is -4.09. The van der Waals surface area contributed by atoms with Crippen LogP contribution in [0.2, 0.25) is 4.34 Å². The molecule has 2 aromatic carbocycles. The number of rotatable bonds is 6. The van der Waals surface area contributed by atoms with Gasteiger partial charge in [0.2, 0.25) is 0 Å². The number of aromatic nitrogens is 3. The highest BCUT2D eigenvalue weighted by Crippen LogP contribution is 2.39. The van der Waals surface area contributed by atoms with Crippen molar-refractivity contribution < 1.29 is 26.3 Å². The predicted octanol–water partition coefficient (Wildman–Crippen LogP) is 5.67. The fraction of sp³-hybridized carbons (Fsp3) is 0.0500. The molecule has 2 aromatic heterocycles. The van der Waals surface area contributed by atoms with E-state index >= 15 is 0 Å². The van der Waals surface area contributed by atoms with Gasteiger partial charge in [0, 0.05) is 17.3 Å². The molecule has 0 saturated heterocycles. The number of nitrogens with zero attached hydrogens (tertiary/aromatic N) is 3. The van der Waals surface area contributed by atoms with Gasteiger partial charge in [0.25, 0.3) is 10.0 Å². The number of benzene rings is 2. The van der Waals surface area contributed by atoms with Crippen molar-refractivity contribution >= 4 is 38.1 Å². The largest absolute Gasteiger partial charge is 0.455 e. The summed E-state index contributed by atoms with van der Waals surface area (Å²) in [6.07, 6.45) is -0.595. The molecule has 174 valence electrons. The van der Waals surface area contributed by atoms with Crippen molar-refractivity contribution in [3.8, 4) is 28.7 Å². The molecule has 14 heteroatoms. The number of thiazole rings is 1. The van der Waals surface area contributed by atoms with Crippen LogP contribution in [0.5, 0.6) is 11.5 Å². The van der Waals surface area contributed by atoms with E-state index in [2.05, 4.69) is 19.9 Å². The van der Waals surface area contributed by atoms with Gasteiger partial charge in [-0.05, 0) is 36.4 Å². The normalized spacial score (nSPS) is 11.7. The summed E-state index contributed by atoms with van der Waals surface area (Å²) in [6.45, 7) is 0. The second-order valence-corrected chi connectivity index (χ2v) is 9.99. The average Bonchev–Trinajstić information content (AvgIpc) is 3.45. The summed E-state index contributed by atoms with van der Waals surface area (Å²) in [5, 5.41) is 15.9. The van der Waals surface area contributed by atoms with Crippen LogP contribution >= 0.6 is 22.9 Å². The maximum Gasteiger partial charge on any atom is 0.416 e. The Morgan fingerprint density at radius 3 is 2.53 bits per heavy atom. The minimum atomic E-state index is -4.58. The van der Waals surface area contributed by atoms with Crippen LogP contribution in [0.4, 0.5) is 18.3 Å². The zero-order chi connectivity index (χ0) is 24.5. The monoisotopic (exact) mass is 525 g/mol. The molecule has 34 heavy (non-hydrogen) atoms. The molecule has 0 unspecified atom stereocenters. The third kappa shape index (κ3) is 4.98. The lowest BCUT2D eigenvalue weighted by molar-refractivity contribution is -0.137. The van der Waals surface area contributed by atoms with Gasteiger partial charge < -0.3 is 4.74 Å². The highest BCUT2D eigenvalue weighted by atomic mass is 35.5. The maximum absolute atomic E-state index is 13.2. The highest BCUT2D eigenvalue weighted by molar-refractivity contribution is 7.93. The summed E-state index contributed by atoms with van der Waals surface area (Å²) in [5.74, 6) is -0.0414. The Hall–Kier alpha value is -3.60. The van der Waals surface area contributed by atoms with E-state index in [1.54, 1.807) is 0 Å². The molecule has 0 radical (unpaired) electrons. The summed E-state index contributed by atoms with van der Waals surface area (Å²) < 4.78 is 73.2. The predicted molar refractivity (Wildman–Crippen MR) is 118 cm³/mol. The zero-order valence-electron chi connectivity index (χ0n) is 16.6. The molecule has 2 heterocycles. The Bertz CT molecular complexity index is 1500. The second kappa shape index (κ2) is 8.98. The van der Waals surface area contributed by atoms with Crippen LogP contribution in [-0.2, 0) is 16.2 Å². The number of hydrogen-bond acceptors (Lipinski definition) is 7. The van der Waals surface area contributed by atoms with E-state index in [-0.39, 0.29) is 37.0 Å². The van der Waals surface area contributed by atoms with Crippen molar-refractivity contribution in [2.24, 2.45) is 0 Å². The van der Waals surface area contributed by atoms with Gasteiger partial charge in [-0.1, -0.05) is 22.9 Å². The number of alkyl halides is 3. The van der Waals surface area contributed by atoms with Crippen molar-refractivity contribution in [2.75, 3.05) is 4.72 Å². The lowest BCUT2D eigenvalue weighted by atomic mass is 10.0. The molecule has 0 amide bonds. The van der Waals surface area contributed by atoms with Crippen molar-refractivity contribution in [3.63, 3.8) is 0 Å². The molecule has 2 N–H and O–H groups in total. The fourth-order valence-electron chi connectivity index (χ4n) is 2.87. The van der Waals surface area contributed by atoms with E-state index in [9.17, 15) is 26.9 Å². The smallest absolute Gasteiger partial charge is 0.416 e. The minimum Gasteiger partial charge on any atom is -0.455 e. The molecular formula is C20H11ClF3N5O3S2. The third-order valence-corrected chi connectivity index (χ3v) is 6.91. The van der Waals surface area contributed by atoms with Crippen LogP contribution in [0.3, 0.4) is 0 Å². The summed E-state index contributed by atoms with van der Waals surface area (Å²) in [5.41, 5.74) is -0.652. The first-order chi connectivity index (χ1) is 16.1. The number of hydrogen-bond donors (Lipinski definition) is 2. The van der Waals surface area contributed by atoms with Gasteiger partial charge in [0.05, 0.1) is 28.4 Å². The van der Waals surface area contributed by atoms with Gasteiger partial charge >= 0.3 is 6.18 Å². The van der Waals surface area contributed by atoms with Crippen molar-refractivity contribution in [2.45, 2.75) is 11.1 Å². The fourth-order valence-corrected chi connectivity index (χ4v) is 4.95. The third-order valence-electron chi connectivity index (χ3n) is 4.42. The minimum absolute atomic E-state index is 0.0112. The summed E-state index contributed by atoms with van der Waals surface area (Å²) in [6, 6.07) is 8.19. The molecular weight excluding hydrogens is 515 g/mol. The SMILES string of the molecule is N#Cc1cc(S(=O)(=O)Nc2ncc(Cl)s2)ccc1Oc1ccc(C(F)(F)F)cc1-c1cn[nH]c1. The first-order valence-corrected chi connectivity index (χ1v) is 11.8. The molecule has 0 bridgehead atoms. The van der Waals surface area contributed by atoms with E-state index in [4.69, 9.17) is 16.3 Å². The molecule has 4 aromatic rings. The number of nitrogens with one attached hydrogen (secondary N) is 2. The van der Waals surface area contributed by atoms with Gasteiger partial charge in [-0.2, -0.15) is 23.5 Å². The van der Waals surface area contributed by atoms with Crippen LogP contribution in [0.25, 0.3) is 11.1 Å². The van der Waals surface area contributed by atoms with E-state index in [1.165, 1.54) is 30.7 Å². The molecule has 0 fully saturated rings. The second-order valence-electron chi connectivity index (χ2n) is 6.64. The Morgan fingerprint density at radius 2 is 1.91 bits per heavy atom. The van der Waals surface area contributed by atoms with Crippen molar-refractivity contribution in [1.29, 1.82) is 5.26 Å². The van der Waals surface area contributed by atoms with Crippen LogP contribution in [0, 0.1) is 11.3 Å². The number of anilines is 1. The zero-order valence-corrected chi connectivity index (χ0v) is 19.0. The van der Waals surface area contributed by atoms with Gasteiger partial charge in [0.15, 0.2) is 5.13 Å². The van der Waals surface area contributed by atoms with Crippen LogP contribution in [0.1, 0.15) is 11.1 Å². The molecule has 0 aliphatic heterocycles. The molecule has 0 aliphatic rings. The number of sulfonamides is 1. The number of ether oxygens (including phenoxy) is 1. The molecule has 0 atom stereocenters. The van der Waals surface area contributed by atoms with E-state index in [0.29, 0.717) is 5.56 Å². The molecule has 0 aliphatic carbocycles. The van der Waals surface area contributed by atoms with E-state index < -0.39 is 21.8 Å². The lowest BCUT2D eigenvalue weighted by Gasteiger charge is -2.15. The Kier molecular flexibility index (Phi) is 6.22. The van der Waals surface area contributed by atoms with Crippen molar-refractivity contribution in [1.82, 2.24) is 15.2 Å². The van der Waals surface area contributed by atoms with Crippen molar-refractivity contribution in [3.05, 3.63) is 70.5 Å². The maximum atomic E-state index is 13.2. The molecule has 4 rings (SSSR count). The first-order valence-electron chi connectivity index (χ1n) is 9.13. The van der Waals surface area contributed by atoms with Crippen LogP contribution in [0.15, 0.2) is 59.9 Å². The Labute approximate surface area is 199 Å². The van der Waals surface area contributed by atoms with Gasteiger partial charge in [-0.3, -0.25) is 9.82 Å². The van der Waals surface area contributed by atoms with E-state index in [0.717, 1.165) is 35.6 Å². The topological polar surface area (TPSA) is 121 Å². The number of halogens is 4. The average molecular weight is 526 g/mol. The molecule has 0 saturated carbocycles. The summed E-state index contributed by atoms with van der Waals surface area (Å²) in [4.78, 5) is 3.57. The number of nitriles is 1. The van der Waals surface area contributed by atoms with Crippen LogP contribution in [-0.4, -0.2) is 23.6 Å². The lowest BCUT2D eigenvalue weighted by Crippen LogP contribution is -2.13. The van der Waals surface area contributed by atoms with Gasteiger partial charge in [-0.25, -0.2) is 13.4 Å². The molecule has 0 spiro atoms. The first kappa shape index (κ1) is 23.6. The van der Waals surface area contributed by atoms with Gasteiger partial charge in [-0.15, -0.1) is 0 Å². The highest BCUT2D eigenvalue weighted by Gasteiger charge is 2.31. The molecule has 8 nitrogen and oxygen atoms in total. The Morgan fingerprint density at radius 1 is 1.15 bits per heavy atom. The quantitative estimate of drug-likeness (QED) is 0.334. The summed E-state index contributed by atoms with van der Waals surface area (Å²) >= 11 is 6.67. The van der Waals surface area contributed by atoms with Crippen LogP contribution < -0.4 is 9.46 Å².